The topological polar surface area (TPSA) is 46.5 Å². The number of hydrogen-bond donors (Lipinski definition) is 1. The van der Waals surface area contributed by atoms with Crippen LogP contribution < -0.4 is 4.74 Å². The van der Waals surface area contributed by atoms with E-state index in [1.807, 2.05) is 12.1 Å². The summed E-state index contributed by atoms with van der Waals surface area (Å²) < 4.78 is 6.20. The molecule has 1 aromatic rings. The Labute approximate surface area is 90.8 Å². The second-order valence-electron chi connectivity index (χ2n) is 2.81. The maximum atomic E-state index is 10.7. The molecule has 0 amide bonds. The Kier molecular flexibility index (Phi) is 3.95. The van der Waals surface area contributed by atoms with Crippen LogP contribution in [0.1, 0.15) is 13.3 Å². The molecule has 0 aliphatic heterocycles. The van der Waals surface area contributed by atoms with Gasteiger partial charge in [0.15, 0.2) is 6.10 Å². The van der Waals surface area contributed by atoms with Gasteiger partial charge in [-0.15, -0.1) is 0 Å². The largest absolute Gasteiger partial charge is 0.479 e. The summed E-state index contributed by atoms with van der Waals surface area (Å²) in [6.07, 6.45) is -0.318. The molecule has 0 radical (unpaired) electrons. The molecule has 76 valence electrons. The molecule has 0 aliphatic rings. The number of aliphatic carboxylic acids is 1. The Balaban J connectivity index is 2.67. The summed E-state index contributed by atoms with van der Waals surface area (Å²) in [5, 5.41) is 8.75. The lowest BCUT2D eigenvalue weighted by molar-refractivity contribution is -0.145. The summed E-state index contributed by atoms with van der Waals surface area (Å²) in [4.78, 5) is 10.7. The fourth-order valence-corrected chi connectivity index (χ4v) is 1.25. The number of carbonyl (C=O) groups is 1. The Bertz CT molecular complexity index is 308. The van der Waals surface area contributed by atoms with E-state index in [4.69, 9.17) is 9.84 Å². The Morgan fingerprint density at radius 2 is 2.07 bits per heavy atom. The number of ether oxygens (including phenoxy) is 1. The van der Waals surface area contributed by atoms with Crippen LogP contribution >= 0.6 is 15.9 Å². The number of carboxylic acids is 1. The number of rotatable bonds is 4. The first kappa shape index (κ1) is 11.0. The smallest absolute Gasteiger partial charge is 0.344 e. The highest BCUT2D eigenvalue weighted by Gasteiger charge is 2.16. The van der Waals surface area contributed by atoms with Crippen LogP contribution in [-0.2, 0) is 4.79 Å². The lowest BCUT2D eigenvalue weighted by atomic mass is 10.3. The van der Waals surface area contributed by atoms with Crippen LogP contribution in [0.25, 0.3) is 0 Å². The van der Waals surface area contributed by atoms with Crippen molar-refractivity contribution in [1.82, 2.24) is 0 Å². The highest BCUT2D eigenvalue weighted by atomic mass is 79.9. The summed E-state index contributed by atoms with van der Waals surface area (Å²) in [5.41, 5.74) is 0. The predicted octanol–water partition coefficient (Wildman–Crippen LogP) is 2.69. The zero-order chi connectivity index (χ0) is 10.6. The van der Waals surface area contributed by atoms with Crippen LogP contribution in [0.3, 0.4) is 0 Å². The Hall–Kier alpha value is -1.03. The minimum absolute atomic E-state index is 0.450. The standard InChI is InChI=1S/C10H11BrO3/c1-2-9(10(12)13)14-8-5-3-7(11)4-6-8/h3-6,9H,2H2,1H3,(H,12,13)/t9-/m1/s1. The van der Waals surface area contributed by atoms with Gasteiger partial charge in [0.2, 0.25) is 0 Å². The Morgan fingerprint density at radius 1 is 1.50 bits per heavy atom. The van der Waals surface area contributed by atoms with Crippen molar-refractivity contribution in [2.45, 2.75) is 19.4 Å². The average molecular weight is 259 g/mol. The van der Waals surface area contributed by atoms with Gasteiger partial charge >= 0.3 is 5.97 Å². The van der Waals surface area contributed by atoms with Gasteiger partial charge in [-0.1, -0.05) is 22.9 Å². The lowest BCUT2D eigenvalue weighted by Crippen LogP contribution is -2.25. The predicted molar refractivity (Wildman–Crippen MR) is 56.5 cm³/mol. The van der Waals surface area contributed by atoms with E-state index in [9.17, 15) is 4.79 Å². The van der Waals surface area contributed by atoms with Crippen molar-refractivity contribution in [2.24, 2.45) is 0 Å². The molecule has 0 unspecified atom stereocenters. The van der Waals surface area contributed by atoms with Crippen molar-refractivity contribution >= 4 is 21.9 Å². The molecular formula is C10H11BrO3. The lowest BCUT2D eigenvalue weighted by Gasteiger charge is -2.12. The van der Waals surface area contributed by atoms with Gasteiger partial charge in [0, 0.05) is 4.47 Å². The number of benzene rings is 1. The van der Waals surface area contributed by atoms with Gasteiger partial charge in [0.05, 0.1) is 0 Å². The van der Waals surface area contributed by atoms with Crippen LogP contribution in [0.15, 0.2) is 28.7 Å². The van der Waals surface area contributed by atoms with Gasteiger partial charge < -0.3 is 9.84 Å². The second kappa shape index (κ2) is 5.00. The van der Waals surface area contributed by atoms with Gasteiger partial charge in [-0.25, -0.2) is 4.79 Å². The first-order valence-electron chi connectivity index (χ1n) is 4.28. The maximum Gasteiger partial charge on any atom is 0.344 e. The maximum absolute atomic E-state index is 10.7. The molecule has 1 rings (SSSR count). The molecule has 1 N–H and O–H groups in total. The molecule has 1 aromatic carbocycles. The molecule has 0 heterocycles. The summed E-state index contributed by atoms with van der Waals surface area (Å²) in [7, 11) is 0. The molecule has 14 heavy (non-hydrogen) atoms. The molecule has 0 bridgehead atoms. The third-order valence-electron chi connectivity index (χ3n) is 1.74. The van der Waals surface area contributed by atoms with E-state index < -0.39 is 12.1 Å². The normalized spacial score (nSPS) is 12.1. The molecule has 0 saturated carbocycles. The number of halogens is 1. The van der Waals surface area contributed by atoms with Crippen LogP contribution in [0, 0.1) is 0 Å². The molecule has 0 aliphatic carbocycles. The van der Waals surface area contributed by atoms with E-state index in [-0.39, 0.29) is 0 Å². The van der Waals surface area contributed by atoms with E-state index in [0.29, 0.717) is 12.2 Å². The van der Waals surface area contributed by atoms with Gasteiger partial charge in [-0.3, -0.25) is 0 Å². The van der Waals surface area contributed by atoms with E-state index in [0.717, 1.165) is 4.47 Å². The first-order valence-corrected chi connectivity index (χ1v) is 5.07. The highest BCUT2D eigenvalue weighted by Crippen LogP contribution is 2.17. The third kappa shape index (κ3) is 3.03. The fraction of sp³-hybridized carbons (Fsp3) is 0.300. The molecule has 0 spiro atoms. The van der Waals surface area contributed by atoms with E-state index in [1.54, 1.807) is 19.1 Å². The molecular weight excluding hydrogens is 248 g/mol. The number of carboxylic acid groups (broad SMARTS) is 1. The highest BCUT2D eigenvalue weighted by molar-refractivity contribution is 9.10. The van der Waals surface area contributed by atoms with Gasteiger partial charge in [-0.05, 0) is 30.7 Å². The van der Waals surface area contributed by atoms with E-state index in [1.165, 1.54) is 0 Å². The SMILES string of the molecule is CC[C@@H](Oc1ccc(Br)cc1)C(=O)O. The third-order valence-corrected chi connectivity index (χ3v) is 2.27. The molecule has 0 fully saturated rings. The Morgan fingerprint density at radius 3 is 2.50 bits per heavy atom. The fourth-order valence-electron chi connectivity index (χ4n) is 0.986. The molecule has 1 atom stereocenters. The molecule has 0 saturated heterocycles. The monoisotopic (exact) mass is 258 g/mol. The zero-order valence-electron chi connectivity index (χ0n) is 7.74. The van der Waals surface area contributed by atoms with Crippen molar-refractivity contribution in [3.05, 3.63) is 28.7 Å². The molecule has 0 aromatic heterocycles. The van der Waals surface area contributed by atoms with Crippen LogP contribution in [0.4, 0.5) is 0 Å². The van der Waals surface area contributed by atoms with Crippen molar-refractivity contribution < 1.29 is 14.6 Å². The average Bonchev–Trinajstić information content (AvgIpc) is 2.16. The van der Waals surface area contributed by atoms with Crippen molar-refractivity contribution in [2.75, 3.05) is 0 Å². The van der Waals surface area contributed by atoms with Crippen LogP contribution in [0.5, 0.6) is 5.75 Å². The van der Waals surface area contributed by atoms with Gasteiger partial charge in [0.1, 0.15) is 5.75 Å². The van der Waals surface area contributed by atoms with E-state index in [2.05, 4.69) is 15.9 Å². The molecule has 4 heteroatoms. The first-order chi connectivity index (χ1) is 6.63. The van der Waals surface area contributed by atoms with Crippen molar-refractivity contribution in [1.29, 1.82) is 0 Å². The minimum Gasteiger partial charge on any atom is -0.479 e. The van der Waals surface area contributed by atoms with Gasteiger partial charge in [-0.2, -0.15) is 0 Å². The molecule has 3 nitrogen and oxygen atoms in total. The quantitative estimate of drug-likeness (QED) is 0.904. The summed E-state index contributed by atoms with van der Waals surface area (Å²) in [5.74, 6) is -0.363. The van der Waals surface area contributed by atoms with Crippen LogP contribution in [-0.4, -0.2) is 17.2 Å². The zero-order valence-corrected chi connectivity index (χ0v) is 9.32. The van der Waals surface area contributed by atoms with Crippen molar-refractivity contribution in [3.8, 4) is 5.75 Å². The minimum atomic E-state index is -0.935. The van der Waals surface area contributed by atoms with Gasteiger partial charge in [0.25, 0.3) is 0 Å². The summed E-state index contributed by atoms with van der Waals surface area (Å²) >= 11 is 3.29. The van der Waals surface area contributed by atoms with E-state index >= 15 is 0 Å². The second-order valence-corrected chi connectivity index (χ2v) is 3.72. The number of hydrogen-bond acceptors (Lipinski definition) is 2. The van der Waals surface area contributed by atoms with Crippen molar-refractivity contribution in [3.63, 3.8) is 0 Å². The summed E-state index contributed by atoms with van der Waals surface area (Å²) in [6, 6.07) is 7.08. The van der Waals surface area contributed by atoms with Crippen LogP contribution in [0.2, 0.25) is 0 Å². The summed E-state index contributed by atoms with van der Waals surface area (Å²) in [6.45, 7) is 1.78.